The van der Waals surface area contributed by atoms with Crippen molar-refractivity contribution in [3.63, 3.8) is 0 Å². The number of rotatable bonds is 6. The van der Waals surface area contributed by atoms with Gasteiger partial charge in [-0.3, -0.25) is 4.79 Å². The van der Waals surface area contributed by atoms with Crippen LogP contribution < -0.4 is 0 Å². The van der Waals surface area contributed by atoms with Crippen molar-refractivity contribution in [2.75, 3.05) is 12.8 Å². The zero-order chi connectivity index (χ0) is 15.1. The molecule has 0 unspecified atom stereocenters. The lowest BCUT2D eigenvalue weighted by atomic mass is 10.2. The number of hydrogen-bond donors (Lipinski definition) is 0. The molecular weight excluding hydrogens is 302 g/mol. The lowest BCUT2D eigenvalue weighted by Gasteiger charge is -2.17. The van der Waals surface area contributed by atoms with E-state index in [1.165, 1.54) is 0 Å². The standard InChI is InChI=1S/C17H18ClNOS/c1-19(11-14-7-3-2-4-8-14)17(20)13-21-12-15-9-5-6-10-16(15)18/h2-10H,11-13H2,1H3. The Morgan fingerprint density at radius 3 is 2.48 bits per heavy atom. The maximum Gasteiger partial charge on any atom is 0.232 e. The molecule has 0 bridgehead atoms. The molecule has 2 aromatic carbocycles. The van der Waals surface area contributed by atoms with Crippen LogP contribution in [0.4, 0.5) is 0 Å². The monoisotopic (exact) mass is 319 g/mol. The minimum Gasteiger partial charge on any atom is -0.341 e. The number of carbonyl (C=O) groups excluding carboxylic acids is 1. The second-order valence-corrected chi connectivity index (χ2v) is 6.21. The van der Waals surface area contributed by atoms with Gasteiger partial charge in [0.05, 0.1) is 5.75 Å². The zero-order valence-electron chi connectivity index (χ0n) is 12.0. The van der Waals surface area contributed by atoms with E-state index < -0.39 is 0 Å². The predicted octanol–water partition coefficient (Wildman–Crippen LogP) is 4.23. The fraction of sp³-hybridized carbons (Fsp3) is 0.235. The Kier molecular flexibility index (Phi) is 6.15. The molecule has 0 saturated carbocycles. The highest BCUT2D eigenvalue weighted by Gasteiger charge is 2.09. The van der Waals surface area contributed by atoms with Crippen molar-refractivity contribution in [3.05, 3.63) is 70.7 Å². The predicted molar refractivity (Wildman–Crippen MR) is 90.5 cm³/mol. The zero-order valence-corrected chi connectivity index (χ0v) is 13.5. The van der Waals surface area contributed by atoms with Crippen LogP contribution >= 0.6 is 23.4 Å². The summed E-state index contributed by atoms with van der Waals surface area (Å²) in [4.78, 5) is 13.9. The molecule has 0 fully saturated rings. The average Bonchev–Trinajstić information content (AvgIpc) is 2.50. The Morgan fingerprint density at radius 1 is 1.10 bits per heavy atom. The number of nitrogens with zero attached hydrogens (tertiary/aromatic N) is 1. The lowest BCUT2D eigenvalue weighted by Crippen LogP contribution is -2.27. The molecule has 0 aliphatic heterocycles. The largest absolute Gasteiger partial charge is 0.341 e. The minimum absolute atomic E-state index is 0.135. The lowest BCUT2D eigenvalue weighted by molar-refractivity contribution is -0.127. The molecular formula is C17H18ClNOS. The summed E-state index contributed by atoms with van der Waals surface area (Å²) in [5.74, 6) is 1.36. The summed E-state index contributed by atoms with van der Waals surface area (Å²) < 4.78 is 0. The number of amides is 1. The summed E-state index contributed by atoms with van der Waals surface area (Å²) in [6.07, 6.45) is 0. The van der Waals surface area contributed by atoms with E-state index in [0.29, 0.717) is 12.3 Å². The van der Waals surface area contributed by atoms with Gasteiger partial charge in [-0.2, -0.15) is 0 Å². The van der Waals surface area contributed by atoms with E-state index >= 15 is 0 Å². The Labute approximate surface area is 135 Å². The quantitative estimate of drug-likeness (QED) is 0.794. The summed E-state index contributed by atoms with van der Waals surface area (Å²) in [5, 5.41) is 0.759. The molecule has 0 saturated heterocycles. The van der Waals surface area contributed by atoms with Crippen LogP contribution in [0.2, 0.25) is 5.02 Å². The van der Waals surface area contributed by atoms with Crippen molar-refractivity contribution < 1.29 is 4.79 Å². The third-order valence-electron chi connectivity index (χ3n) is 3.13. The summed E-state index contributed by atoms with van der Waals surface area (Å²) in [6.45, 7) is 0.645. The van der Waals surface area contributed by atoms with Crippen molar-refractivity contribution >= 4 is 29.3 Å². The SMILES string of the molecule is CN(Cc1ccccc1)C(=O)CSCc1ccccc1Cl. The van der Waals surface area contributed by atoms with Crippen molar-refractivity contribution in [1.29, 1.82) is 0 Å². The van der Waals surface area contributed by atoms with Crippen molar-refractivity contribution in [1.82, 2.24) is 4.90 Å². The number of benzene rings is 2. The molecule has 0 aliphatic carbocycles. The van der Waals surface area contributed by atoms with E-state index in [4.69, 9.17) is 11.6 Å². The fourth-order valence-corrected chi connectivity index (χ4v) is 3.17. The molecule has 0 N–H and O–H groups in total. The van der Waals surface area contributed by atoms with Gasteiger partial charge in [-0.25, -0.2) is 0 Å². The summed E-state index contributed by atoms with van der Waals surface area (Å²) in [7, 11) is 1.84. The van der Waals surface area contributed by atoms with Crippen LogP contribution in [-0.4, -0.2) is 23.6 Å². The van der Waals surface area contributed by atoms with Gasteiger partial charge < -0.3 is 4.90 Å². The third-order valence-corrected chi connectivity index (χ3v) is 4.46. The molecule has 0 atom stereocenters. The van der Waals surface area contributed by atoms with Crippen LogP contribution in [0, 0.1) is 0 Å². The molecule has 110 valence electrons. The van der Waals surface area contributed by atoms with Crippen LogP contribution in [0.15, 0.2) is 54.6 Å². The fourth-order valence-electron chi connectivity index (χ4n) is 1.92. The molecule has 0 spiro atoms. The third kappa shape index (κ3) is 5.10. The van der Waals surface area contributed by atoms with Crippen molar-refractivity contribution in [3.8, 4) is 0 Å². The molecule has 4 heteroatoms. The number of hydrogen-bond acceptors (Lipinski definition) is 2. The average molecular weight is 320 g/mol. The minimum atomic E-state index is 0.135. The van der Waals surface area contributed by atoms with Gasteiger partial charge in [0.15, 0.2) is 0 Å². The molecule has 0 heterocycles. The van der Waals surface area contributed by atoms with Gasteiger partial charge in [-0.1, -0.05) is 60.1 Å². The normalized spacial score (nSPS) is 10.4. The molecule has 0 radical (unpaired) electrons. The van der Waals surface area contributed by atoms with Crippen LogP contribution in [0.1, 0.15) is 11.1 Å². The molecule has 0 aliphatic rings. The van der Waals surface area contributed by atoms with Crippen LogP contribution in [0.25, 0.3) is 0 Å². The first-order valence-corrected chi connectivity index (χ1v) is 8.29. The first-order valence-electron chi connectivity index (χ1n) is 6.76. The molecule has 2 rings (SSSR count). The molecule has 21 heavy (non-hydrogen) atoms. The number of thioether (sulfide) groups is 1. The first kappa shape index (κ1) is 15.9. The van der Waals surface area contributed by atoms with E-state index in [-0.39, 0.29) is 5.91 Å². The Bertz CT molecular complexity index is 588. The van der Waals surface area contributed by atoms with Crippen LogP contribution in [-0.2, 0) is 17.1 Å². The Hall–Kier alpha value is -1.45. The summed E-state index contributed by atoms with van der Waals surface area (Å²) >= 11 is 7.69. The second kappa shape index (κ2) is 8.11. The second-order valence-electron chi connectivity index (χ2n) is 4.82. The van der Waals surface area contributed by atoms with E-state index in [1.807, 2.05) is 61.6 Å². The van der Waals surface area contributed by atoms with E-state index in [1.54, 1.807) is 16.7 Å². The van der Waals surface area contributed by atoms with Gasteiger partial charge in [0.1, 0.15) is 0 Å². The van der Waals surface area contributed by atoms with Crippen LogP contribution in [0.3, 0.4) is 0 Å². The van der Waals surface area contributed by atoms with E-state index in [0.717, 1.165) is 21.9 Å². The number of halogens is 1. The smallest absolute Gasteiger partial charge is 0.232 e. The molecule has 1 amide bonds. The Morgan fingerprint density at radius 2 is 1.76 bits per heavy atom. The molecule has 2 aromatic rings. The topological polar surface area (TPSA) is 20.3 Å². The molecule has 2 nitrogen and oxygen atoms in total. The van der Waals surface area contributed by atoms with Crippen molar-refractivity contribution in [2.24, 2.45) is 0 Å². The van der Waals surface area contributed by atoms with Gasteiger partial charge in [0, 0.05) is 24.4 Å². The van der Waals surface area contributed by atoms with Gasteiger partial charge >= 0.3 is 0 Å². The van der Waals surface area contributed by atoms with Gasteiger partial charge in [-0.05, 0) is 17.2 Å². The Balaban J connectivity index is 1.78. The van der Waals surface area contributed by atoms with Gasteiger partial charge in [-0.15, -0.1) is 11.8 Å². The van der Waals surface area contributed by atoms with Crippen molar-refractivity contribution in [2.45, 2.75) is 12.3 Å². The maximum absolute atomic E-state index is 12.1. The summed E-state index contributed by atoms with van der Waals surface area (Å²) in [5.41, 5.74) is 2.21. The maximum atomic E-state index is 12.1. The van der Waals surface area contributed by atoms with Crippen LogP contribution in [0.5, 0.6) is 0 Å². The highest BCUT2D eigenvalue weighted by Crippen LogP contribution is 2.20. The van der Waals surface area contributed by atoms with Gasteiger partial charge in [0.2, 0.25) is 5.91 Å². The van der Waals surface area contributed by atoms with E-state index in [2.05, 4.69) is 0 Å². The van der Waals surface area contributed by atoms with E-state index in [9.17, 15) is 4.79 Å². The van der Waals surface area contributed by atoms with Gasteiger partial charge in [0.25, 0.3) is 0 Å². The highest BCUT2D eigenvalue weighted by atomic mass is 35.5. The summed E-state index contributed by atoms with van der Waals surface area (Å²) in [6, 6.07) is 17.8. The highest BCUT2D eigenvalue weighted by molar-refractivity contribution is 7.99. The molecule has 0 aromatic heterocycles. The number of carbonyl (C=O) groups is 1. The first-order chi connectivity index (χ1) is 10.2.